The van der Waals surface area contributed by atoms with Crippen LogP contribution in [0.3, 0.4) is 0 Å². The monoisotopic (exact) mass is 310 g/mol. The van der Waals surface area contributed by atoms with Gasteiger partial charge in [-0.05, 0) is 49.3 Å². The normalized spacial score (nSPS) is 30.0. The summed E-state index contributed by atoms with van der Waals surface area (Å²) < 4.78 is 5.36. The van der Waals surface area contributed by atoms with Gasteiger partial charge in [-0.3, -0.25) is 4.90 Å². The van der Waals surface area contributed by atoms with Crippen molar-refractivity contribution in [3.63, 3.8) is 0 Å². The van der Waals surface area contributed by atoms with E-state index < -0.39 is 0 Å². The molecule has 1 N–H and O–H groups in total. The van der Waals surface area contributed by atoms with Gasteiger partial charge in [-0.15, -0.1) is 6.58 Å². The molecule has 0 amide bonds. The van der Waals surface area contributed by atoms with E-state index in [0.29, 0.717) is 12.0 Å². The second-order valence-corrected chi connectivity index (χ2v) is 7.00. The number of aromatic amines is 1. The third-order valence-electron chi connectivity index (χ3n) is 5.84. The average Bonchev–Trinajstić information content (AvgIpc) is 2.98. The first kappa shape index (κ1) is 15.0. The maximum absolute atomic E-state index is 5.36. The van der Waals surface area contributed by atoms with E-state index in [-0.39, 0.29) is 0 Å². The zero-order valence-electron chi connectivity index (χ0n) is 13.9. The number of H-pyrrole nitrogens is 1. The molecule has 122 valence electrons. The smallest absolute Gasteiger partial charge is 0.0504 e. The molecular formula is C20H26N2O. The van der Waals surface area contributed by atoms with Crippen molar-refractivity contribution >= 4 is 10.9 Å². The number of nitrogens with zero attached hydrogens (tertiary/aromatic N) is 1. The summed E-state index contributed by atoms with van der Waals surface area (Å²) in [5.41, 5.74) is 4.14. The van der Waals surface area contributed by atoms with Gasteiger partial charge in [-0.1, -0.05) is 24.3 Å². The van der Waals surface area contributed by atoms with Crippen LogP contribution >= 0.6 is 0 Å². The Morgan fingerprint density at radius 1 is 1.39 bits per heavy atom. The van der Waals surface area contributed by atoms with Crippen molar-refractivity contribution < 1.29 is 4.74 Å². The van der Waals surface area contributed by atoms with E-state index in [2.05, 4.69) is 46.8 Å². The Morgan fingerprint density at radius 2 is 2.26 bits per heavy atom. The van der Waals surface area contributed by atoms with E-state index in [1.807, 2.05) is 0 Å². The number of ether oxygens (including phenoxy) is 1. The van der Waals surface area contributed by atoms with Crippen LogP contribution in [0.1, 0.15) is 30.1 Å². The van der Waals surface area contributed by atoms with Crippen LogP contribution in [0.2, 0.25) is 0 Å². The Labute approximate surface area is 138 Å². The number of hydrogen-bond donors (Lipinski definition) is 1. The quantitative estimate of drug-likeness (QED) is 0.848. The molecule has 3 fully saturated rings. The van der Waals surface area contributed by atoms with Crippen LogP contribution in [0.4, 0.5) is 0 Å². The van der Waals surface area contributed by atoms with E-state index >= 15 is 0 Å². The third-order valence-corrected chi connectivity index (χ3v) is 5.84. The molecule has 3 aliphatic heterocycles. The van der Waals surface area contributed by atoms with Crippen LogP contribution in [0.25, 0.3) is 10.9 Å². The second-order valence-electron chi connectivity index (χ2n) is 7.00. The molecule has 1 aromatic carbocycles. The maximum atomic E-state index is 5.36. The summed E-state index contributed by atoms with van der Waals surface area (Å²) in [6.07, 6.45) is 5.73. The van der Waals surface area contributed by atoms with Gasteiger partial charge in [0.2, 0.25) is 0 Å². The fourth-order valence-corrected chi connectivity index (χ4v) is 4.61. The summed E-state index contributed by atoms with van der Waals surface area (Å²) in [6, 6.07) is 9.21. The van der Waals surface area contributed by atoms with Gasteiger partial charge in [-0.25, -0.2) is 0 Å². The summed E-state index contributed by atoms with van der Waals surface area (Å²) in [5.74, 6) is 1.47. The average molecular weight is 310 g/mol. The Balaban J connectivity index is 1.72. The number of aromatic nitrogens is 1. The summed E-state index contributed by atoms with van der Waals surface area (Å²) >= 11 is 0. The molecule has 23 heavy (non-hydrogen) atoms. The highest BCUT2D eigenvalue weighted by Crippen LogP contribution is 2.45. The van der Waals surface area contributed by atoms with Gasteiger partial charge in [0.15, 0.2) is 0 Å². The van der Waals surface area contributed by atoms with Crippen molar-refractivity contribution in [2.45, 2.75) is 25.3 Å². The largest absolute Gasteiger partial charge is 0.384 e. The summed E-state index contributed by atoms with van der Waals surface area (Å²) in [7, 11) is 1.79. The van der Waals surface area contributed by atoms with E-state index in [1.165, 1.54) is 41.5 Å². The molecule has 1 unspecified atom stereocenters. The van der Waals surface area contributed by atoms with Crippen molar-refractivity contribution in [1.82, 2.24) is 9.88 Å². The lowest BCUT2D eigenvalue weighted by Crippen LogP contribution is -2.48. The lowest BCUT2D eigenvalue weighted by molar-refractivity contribution is 0.0162. The number of piperidine rings is 3. The predicted octanol–water partition coefficient (Wildman–Crippen LogP) is 3.93. The van der Waals surface area contributed by atoms with Crippen molar-refractivity contribution in [2.24, 2.45) is 11.8 Å². The summed E-state index contributed by atoms with van der Waals surface area (Å²) in [5, 5.41) is 1.36. The highest BCUT2D eigenvalue weighted by molar-refractivity contribution is 5.84. The van der Waals surface area contributed by atoms with E-state index in [1.54, 1.807) is 7.11 Å². The Morgan fingerprint density at radius 3 is 3.00 bits per heavy atom. The molecule has 3 heteroatoms. The highest BCUT2D eigenvalue weighted by atomic mass is 16.5. The third kappa shape index (κ3) is 2.52. The number of benzene rings is 1. The Kier molecular flexibility index (Phi) is 4.00. The van der Waals surface area contributed by atoms with E-state index in [4.69, 9.17) is 4.74 Å². The van der Waals surface area contributed by atoms with Crippen LogP contribution in [0.15, 0.2) is 36.9 Å². The Bertz CT molecular complexity index is 705. The number of hydrogen-bond acceptors (Lipinski definition) is 2. The molecule has 0 radical (unpaired) electrons. The number of nitrogens with one attached hydrogen (secondary N) is 1. The van der Waals surface area contributed by atoms with Crippen LogP contribution in [-0.4, -0.2) is 36.7 Å². The first-order chi connectivity index (χ1) is 11.3. The van der Waals surface area contributed by atoms with Gasteiger partial charge < -0.3 is 9.72 Å². The fraction of sp³-hybridized carbons (Fsp3) is 0.500. The fourth-order valence-electron chi connectivity index (χ4n) is 4.61. The zero-order chi connectivity index (χ0) is 15.8. The Hall–Kier alpha value is -1.58. The standard InChI is InChI=1S/C20H26N2O/c1-3-14-13-22-10-8-15(14)12-19(22)20-17(9-11-23-2)16-6-4-5-7-18(16)21-20/h3-7,14-15,19,21H,1,8-13H2,2H3/t14-,15-,19-/m0/s1. The van der Waals surface area contributed by atoms with Gasteiger partial charge in [0, 0.05) is 30.3 Å². The van der Waals surface area contributed by atoms with Crippen LogP contribution in [0, 0.1) is 11.8 Å². The van der Waals surface area contributed by atoms with Crippen molar-refractivity contribution in [1.29, 1.82) is 0 Å². The minimum Gasteiger partial charge on any atom is -0.384 e. The molecule has 3 saturated heterocycles. The number of methoxy groups -OCH3 is 1. The molecule has 2 aromatic rings. The van der Waals surface area contributed by atoms with Crippen LogP contribution in [0.5, 0.6) is 0 Å². The molecule has 4 heterocycles. The molecule has 3 nitrogen and oxygen atoms in total. The summed E-state index contributed by atoms with van der Waals surface area (Å²) in [4.78, 5) is 6.40. The molecule has 2 bridgehead atoms. The highest BCUT2D eigenvalue weighted by Gasteiger charge is 2.40. The molecule has 4 atom stereocenters. The number of rotatable bonds is 5. The van der Waals surface area contributed by atoms with Gasteiger partial charge in [0.25, 0.3) is 0 Å². The number of para-hydroxylation sites is 1. The van der Waals surface area contributed by atoms with Crippen molar-refractivity contribution in [3.05, 3.63) is 48.2 Å². The minimum atomic E-state index is 0.532. The lowest BCUT2D eigenvalue weighted by atomic mass is 9.74. The minimum absolute atomic E-state index is 0.532. The number of fused-ring (bicyclic) bond motifs is 4. The van der Waals surface area contributed by atoms with E-state index in [9.17, 15) is 0 Å². The van der Waals surface area contributed by atoms with Gasteiger partial charge >= 0.3 is 0 Å². The van der Waals surface area contributed by atoms with Gasteiger partial charge in [-0.2, -0.15) is 0 Å². The first-order valence-corrected chi connectivity index (χ1v) is 8.77. The molecule has 0 aliphatic carbocycles. The van der Waals surface area contributed by atoms with Crippen molar-refractivity contribution in [2.75, 3.05) is 26.8 Å². The SMILES string of the molecule is C=C[C@H]1CN2CC[C@H]1C[C@H]2c1[nH]c2ccccc2c1CCOC. The van der Waals surface area contributed by atoms with Crippen LogP contribution in [-0.2, 0) is 11.2 Å². The molecule has 5 rings (SSSR count). The predicted molar refractivity (Wildman–Crippen MR) is 94.6 cm³/mol. The topological polar surface area (TPSA) is 28.3 Å². The maximum Gasteiger partial charge on any atom is 0.0504 e. The first-order valence-electron chi connectivity index (χ1n) is 8.77. The molecular weight excluding hydrogens is 284 g/mol. The zero-order valence-corrected chi connectivity index (χ0v) is 13.9. The lowest BCUT2D eigenvalue weighted by Gasteiger charge is -2.49. The summed E-state index contributed by atoms with van der Waals surface area (Å²) in [6.45, 7) is 7.21. The van der Waals surface area contributed by atoms with E-state index in [0.717, 1.165) is 25.5 Å². The molecule has 3 aliphatic rings. The van der Waals surface area contributed by atoms with Gasteiger partial charge in [0.05, 0.1) is 12.6 Å². The molecule has 0 spiro atoms. The van der Waals surface area contributed by atoms with Crippen LogP contribution < -0.4 is 0 Å². The molecule has 1 aromatic heterocycles. The second kappa shape index (κ2) is 6.14. The van der Waals surface area contributed by atoms with Crippen molar-refractivity contribution in [3.8, 4) is 0 Å². The molecule has 0 saturated carbocycles. The van der Waals surface area contributed by atoms with Gasteiger partial charge in [0.1, 0.15) is 0 Å².